The number of rotatable bonds is 7. The zero-order valence-electron chi connectivity index (χ0n) is 24.5. The summed E-state index contributed by atoms with van der Waals surface area (Å²) in [5, 5.41) is 19.5. The number of carbonyl (C=O) groups is 3. The highest BCUT2D eigenvalue weighted by molar-refractivity contribution is 6.14. The first-order valence-corrected chi connectivity index (χ1v) is 15.0. The Bertz CT molecular complexity index is 1500. The SMILES string of the molecule is CC(C)CC1=N[C@@H](NC(=O)Nc2cccc(-c3nn[nH]n3)c2)C(=O)N(CC(=O)N2CC3CCC(CC3)C2)c2ccccc21. The number of benzene rings is 2. The van der Waals surface area contributed by atoms with Crippen molar-refractivity contribution in [2.24, 2.45) is 22.7 Å². The fourth-order valence-corrected chi connectivity index (χ4v) is 6.35. The number of hydrogen-bond donors (Lipinski definition) is 3. The molecule has 224 valence electrons. The fourth-order valence-electron chi connectivity index (χ4n) is 6.35. The van der Waals surface area contributed by atoms with Crippen LogP contribution in [0.1, 0.15) is 51.5 Å². The molecular formula is C31H37N9O3. The molecule has 0 spiro atoms. The van der Waals surface area contributed by atoms with Gasteiger partial charge >= 0.3 is 6.03 Å². The van der Waals surface area contributed by atoms with Gasteiger partial charge in [0.2, 0.25) is 17.9 Å². The largest absolute Gasteiger partial charge is 0.341 e. The van der Waals surface area contributed by atoms with E-state index in [1.165, 1.54) is 4.90 Å². The van der Waals surface area contributed by atoms with Crippen molar-refractivity contribution in [3.63, 3.8) is 0 Å². The Morgan fingerprint density at radius 2 is 1.77 bits per heavy atom. The topological polar surface area (TPSA) is 149 Å². The molecular weight excluding hydrogens is 546 g/mol. The Morgan fingerprint density at radius 1 is 1.02 bits per heavy atom. The number of fused-ring (bicyclic) bond motifs is 5. The van der Waals surface area contributed by atoms with E-state index in [-0.39, 0.29) is 18.4 Å². The van der Waals surface area contributed by atoms with Crippen LogP contribution in [-0.4, -0.2) is 74.9 Å². The average molecular weight is 584 g/mol. The van der Waals surface area contributed by atoms with Crippen LogP contribution < -0.4 is 15.5 Å². The van der Waals surface area contributed by atoms with Crippen LogP contribution >= 0.6 is 0 Å². The highest BCUT2D eigenvalue weighted by Gasteiger charge is 2.37. The van der Waals surface area contributed by atoms with Crippen molar-refractivity contribution in [1.82, 2.24) is 30.8 Å². The van der Waals surface area contributed by atoms with E-state index in [0.717, 1.165) is 44.3 Å². The molecule has 43 heavy (non-hydrogen) atoms. The number of H-pyrrole nitrogens is 1. The third-order valence-corrected chi connectivity index (χ3v) is 8.45. The number of amides is 4. The van der Waals surface area contributed by atoms with Crippen molar-refractivity contribution in [2.75, 3.05) is 29.9 Å². The summed E-state index contributed by atoms with van der Waals surface area (Å²) >= 11 is 0. The second kappa shape index (κ2) is 12.3. The summed E-state index contributed by atoms with van der Waals surface area (Å²) in [6.45, 7) is 5.53. The molecule has 1 aromatic heterocycles. The lowest BCUT2D eigenvalue weighted by Gasteiger charge is -2.29. The molecule has 0 unspecified atom stereocenters. The number of carbonyl (C=O) groups excluding carboxylic acids is 3. The minimum absolute atomic E-state index is 0.0734. The van der Waals surface area contributed by atoms with Crippen LogP contribution in [-0.2, 0) is 9.59 Å². The summed E-state index contributed by atoms with van der Waals surface area (Å²) in [7, 11) is 0. The first-order chi connectivity index (χ1) is 20.8. The molecule has 3 N–H and O–H groups in total. The molecule has 4 amide bonds. The Morgan fingerprint density at radius 3 is 2.47 bits per heavy atom. The number of tetrazole rings is 1. The number of nitrogens with one attached hydrogen (secondary N) is 3. The van der Waals surface area contributed by atoms with E-state index in [9.17, 15) is 14.4 Å². The molecule has 0 radical (unpaired) electrons. The van der Waals surface area contributed by atoms with E-state index in [1.54, 1.807) is 24.3 Å². The van der Waals surface area contributed by atoms with E-state index in [4.69, 9.17) is 4.99 Å². The molecule has 2 saturated heterocycles. The lowest BCUT2D eigenvalue weighted by Crippen LogP contribution is -2.51. The third-order valence-electron chi connectivity index (χ3n) is 8.45. The maximum Gasteiger partial charge on any atom is 0.321 e. The predicted molar refractivity (Wildman–Crippen MR) is 162 cm³/mol. The van der Waals surface area contributed by atoms with E-state index in [0.29, 0.717) is 46.7 Å². The van der Waals surface area contributed by atoms with Crippen LogP contribution in [0, 0.1) is 17.8 Å². The van der Waals surface area contributed by atoms with Crippen LogP contribution in [0.3, 0.4) is 0 Å². The van der Waals surface area contributed by atoms with Crippen LogP contribution in [0.15, 0.2) is 53.5 Å². The maximum absolute atomic E-state index is 14.1. The van der Waals surface area contributed by atoms with E-state index < -0.39 is 18.1 Å². The van der Waals surface area contributed by atoms with Crippen LogP contribution in [0.5, 0.6) is 0 Å². The van der Waals surface area contributed by atoms with Gasteiger partial charge in [0.15, 0.2) is 0 Å². The van der Waals surface area contributed by atoms with Gasteiger partial charge in [0.1, 0.15) is 6.54 Å². The highest BCUT2D eigenvalue weighted by Crippen LogP contribution is 2.34. The van der Waals surface area contributed by atoms with Gasteiger partial charge in [-0.2, -0.15) is 5.21 Å². The number of para-hydroxylation sites is 1. The number of nitrogens with zero attached hydrogens (tertiary/aromatic N) is 6. The minimum atomic E-state index is -1.21. The van der Waals surface area contributed by atoms with Crippen molar-refractivity contribution in [1.29, 1.82) is 0 Å². The molecule has 4 heterocycles. The van der Waals surface area contributed by atoms with Crippen molar-refractivity contribution in [3.05, 3.63) is 54.1 Å². The van der Waals surface area contributed by atoms with Gasteiger partial charge in [-0.15, -0.1) is 10.2 Å². The maximum atomic E-state index is 14.1. The molecule has 3 aliphatic heterocycles. The number of benzodiazepines with no additional fused rings is 1. The van der Waals surface area contributed by atoms with Gasteiger partial charge in [-0.3, -0.25) is 19.5 Å². The quantitative estimate of drug-likeness (QED) is 0.385. The van der Waals surface area contributed by atoms with Gasteiger partial charge in [-0.25, -0.2) is 4.79 Å². The van der Waals surface area contributed by atoms with Crippen LogP contribution in [0.4, 0.5) is 16.2 Å². The lowest BCUT2D eigenvalue weighted by atomic mass is 9.84. The van der Waals surface area contributed by atoms with E-state index in [1.807, 2.05) is 29.2 Å². The minimum Gasteiger partial charge on any atom is -0.341 e. The second-order valence-electron chi connectivity index (χ2n) is 12.1. The van der Waals surface area contributed by atoms with E-state index >= 15 is 0 Å². The smallest absolute Gasteiger partial charge is 0.321 e. The summed E-state index contributed by atoms with van der Waals surface area (Å²) in [6, 6.07) is 13.9. The summed E-state index contributed by atoms with van der Waals surface area (Å²) < 4.78 is 0. The number of aromatic nitrogens is 4. The summed E-state index contributed by atoms with van der Waals surface area (Å²) in [5.41, 5.74) is 3.29. The molecule has 2 bridgehead atoms. The molecule has 7 rings (SSSR count). The summed E-state index contributed by atoms with van der Waals surface area (Å²) in [5.74, 6) is 1.16. The van der Waals surface area contributed by atoms with Gasteiger partial charge in [0.05, 0.1) is 5.69 Å². The lowest BCUT2D eigenvalue weighted by molar-refractivity contribution is -0.132. The van der Waals surface area contributed by atoms with Gasteiger partial charge in [0, 0.05) is 35.6 Å². The molecule has 12 heteroatoms. The van der Waals surface area contributed by atoms with Gasteiger partial charge in [-0.05, 0) is 73.3 Å². The van der Waals surface area contributed by atoms with Crippen molar-refractivity contribution >= 4 is 34.9 Å². The standard InChI is InChI=1S/C31H37N9O3/c1-19(2)14-25-24-8-3-4-9-26(24)40(18-27(41)39-16-20-10-11-21(17-39)13-12-20)30(42)29(33-25)34-31(43)32-23-7-5-6-22(15-23)28-35-37-38-36-28/h3-9,15,19-21,29H,10-14,16-18H2,1-2H3,(H2,32,34,43)(H,35,36,37,38)/t20?,21?,29-/m0/s1. The number of aromatic amines is 1. The molecule has 12 nitrogen and oxygen atoms in total. The van der Waals surface area contributed by atoms with Crippen molar-refractivity contribution < 1.29 is 14.4 Å². The van der Waals surface area contributed by atoms with E-state index in [2.05, 4.69) is 45.1 Å². The number of urea groups is 1. The average Bonchev–Trinajstić information content (AvgIpc) is 3.33. The summed E-state index contributed by atoms with van der Waals surface area (Å²) in [4.78, 5) is 49.4. The Kier molecular flexibility index (Phi) is 8.17. The monoisotopic (exact) mass is 583 g/mol. The zero-order chi connectivity index (χ0) is 29.9. The second-order valence-corrected chi connectivity index (χ2v) is 12.1. The molecule has 2 aromatic carbocycles. The fraction of sp³-hybridized carbons (Fsp3) is 0.452. The van der Waals surface area contributed by atoms with Gasteiger partial charge in [0.25, 0.3) is 5.91 Å². The summed E-state index contributed by atoms with van der Waals surface area (Å²) in [6.07, 6.45) is 4.02. The van der Waals surface area contributed by atoms with Gasteiger partial charge in [-0.1, -0.05) is 44.2 Å². The Hall–Kier alpha value is -4.61. The zero-order valence-corrected chi connectivity index (χ0v) is 24.5. The van der Waals surface area contributed by atoms with Crippen molar-refractivity contribution in [3.8, 4) is 11.4 Å². The van der Waals surface area contributed by atoms with Crippen LogP contribution in [0.2, 0.25) is 0 Å². The molecule has 3 aromatic rings. The number of hydrogen-bond acceptors (Lipinski definition) is 7. The first-order valence-electron chi connectivity index (χ1n) is 15.0. The predicted octanol–water partition coefficient (Wildman–Crippen LogP) is 3.84. The Balaban J connectivity index is 1.26. The van der Waals surface area contributed by atoms with Crippen molar-refractivity contribution in [2.45, 2.75) is 52.1 Å². The number of anilines is 2. The van der Waals surface area contributed by atoms with Crippen LogP contribution in [0.25, 0.3) is 11.4 Å². The molecule has 1 atom stereocenters. The first kappa shape index (κ1) is 28.5. The molecule has 4 aliphatic rings. The normalized spacial score (nSPS) is 21.6. The third kappa shape index (κ3) is 6.42. The Labute approximate surface area is 250 Å². The number of aliphatic imine (C=N–C) groups is 1. The molecule has 1 saturated carbocycles. The highest BCUT2D eigenvalue weighted by atomic mass is 16.2. The molecule has 1 aliphatic carbocycles. The molecule has 3 fully saturated rings. The van der Waals surface area contributed by atoms with Gasteiger partial charge < -0.3 is 15.5 Å².